The van der Waals surface area contributed by atoms with E-state index in [0.717, 1.165) is 63.6 Å². The van der Waals surface area contributed by atoms with E-state index in [2.05, 4.69) is 17.0 Å². The number of rotatable bonds is 4. The van der Waals surface area contributed by atoms with E-state index in [1.54, 1.807) is 17.2 Å². The summed E-state index contributed by atoms with van der Waals surface area (Å²) in [5.41, 5.74) is 0.938. The molecule has 0 bridgehead atoms. The molecule has 4 fully saturated rings. The fraction of sp³-hybridized carbons (Fsp3) is 0.621. The highest BCUT2D eigenvalue weighted by Crippen LogP contribution is 2.45. The number of aromatic nitrogens is 2. The van der Waals surface area contributed by atoms with Crippen LogP contribution in [0.5, 0.6) is 0 Å². The molecule has 1 saturated carbocycles. The molecule has 1 aromatic carbocycles. The Morgan fingerprint density at radius 1 is 0.878 bits per heavy atom. The Bertz CT molecular complexity index is 1250. The van der Waals surface area contributed by atoms with Crippen molar-refractivity contribution in [3.63, 3.8) is 0 Å². The minimum absolute atomic E-state index is 0. The lowest BCUT2D eigenvalue weighted by Crippen LogP contribution is -2.53. The van der Waals surface area contributed by atoms with E-state index >= 15 is 0 Å². The van der Waals surface area contributed by atoms with Crippen molar-refractivity contribution in [1.29, 1.82) is 0 Å². The molecular weight excluding hydrogens is 557 g/mol. The van der Waals surface area contributed by atoms with Crippen LogP contribution in [0.15, 0.2) is 30.5 Å². The molecule has 6 rings (SSSR count). The molecule has 0 N–H and O–H groups in total. The van der Waals surface area contributed by atoms with Gasteiger partial charge in [0.25, 0.3) is 5.91 Å². The average Bonchev–Trinajstić information content (AvgIpc) is 3.50. The zero-order valence-corrected chi connectivity index (χ0v) is 24.2. The highest BCUT2D eigenvalue weighted by atomic mass is 35.5. The molecule has 41 heavy (non-hydrogen) atoms. The molecule has 2 aromatic rings. The van der Waals surface area contributed by atoms with Crippen molar-refractivity contribution < 1.29 is 22.8 Å². The summed E-state index contributed by atoms with van der Waals surface area (Å²) in [4.78, 5) is 34.7. The normalized spacial score (nSPS) is 22.6. The molecule has 8 nitrogen and oxygen atoms in total. The number of likely N-dealkylation sites (N-methyl/N-ethyl adjacent to an activating group) is 1. The van der Waals surface area contributed by atoms with E-state index in [1.807, 2.05) is 14.5 Å². The van der Waals surface area contributed by atoms with Gasteiger partial charge < -0.3 is 19.6 Å². The lowest BCUT2D eigenvalue weighted by Gasteiger charge is -2.39. The van der Waals surface area contributed by atoms with Crippen molar-refractivity contribution in [3.05, 3.63) is 52.8 Å². The number of likely N-dealkylation sites (tertiary alicyclic amines) is 2. The van der Waals surface area contributed by atoms with Crippen LogP contribution in [-0.4, -0.2) is 94.2 Å². The Balaban J connectivity index is 0.00000337. The first-order valence-corrected chi connectivity index (χ1v) is 14.5. The number of piperazine rings is 1. The molecule has 12 heteroatoms. The monoisotopic (exact) mass is 594 g/mol. The van der Waals surface area contributed by atoms with E-state index in [1.165, 1.54) is 12.1 Å². The maximum absolute atomic E-state index is 13.9. The maximum Gasteiger partial charge on any atom is 0.416 e. The standard InChI is InChI=1S/C29H37F3N6O2.ClH/c1-34-15-17-36(18-16-34)28(40)35-13-10-21(11-14-35)38-26(20-8-9-20)23(19-33-38)27(39)37-12-4-7-25(37)22-5-2-3-6-24(22)29(30,31)32;/h2-3,5-6,19-21,25H,4,7-18H2,1H3;1H. The van der Waals surface area contributed by atoms with Crippen LogP contribution in [0.3, 0.4) is 0 Å². The molecular formula is C29H38ClF3N6O2. The van der Waals surface area contributed by atoms with Crippen LogP contribution >= 0.6 is 12.4 Å². The van der Waals surface area contributed by atoms with E-state index in [0.29, 0.717) is 38.0 Å². The molecule has 0 radical (unpaired) electrons. The van der Waals surface area contributed by atoms with Gasteiger partial charge in [-0.05, 0) is 57.2 Å². The summed E-state index contributed by atoms with van der Waals surface area (Å²) in [6.45, 7) is 4.98. The number of hydrogen-bond acceptors (Lipinski definition) is 4. The summed E-state index contributed by atoms with van der Waals surface area (Å²) < 4.78 is 43.4. The van der Waals surface area contributed by atoms with Crippen LogP contribution < -0.4 is 0 Å². The first-order valence-electron chi connectivity index (χ1n) is 14.5. The molecule has 1 aromatic heterocycles. The Morgan fingerprint density at radius 3 is 2.20 bits per heavy atom. The van der Waals surface area contributed by atoms with Gasteiger partial charge in [-0.1, -0.05) is 18.2 Å². The largest absolute Gasteiger partial charge is 0.416 e. The van der Waals surface area contributed by atoms with Crippen molar-refractivity contribution in [2.75, 3.05) is 52.9 Å². The predicted octanol–water partition coefficient (Wildman–Crippen LogP) is 5.18. The lowest BCUT2D eigenvalue weighted by atomic mass is 9.97. The second-order valence-corrected chi connectivity index (χ2v) is 11.7. The van der Waals surface area contributed by atoms with E-state index in [9.17, 15) is 22.8 Å². The van der Waals surface area contributed by atoms with Gasteiger partial charge in [-0.15, -0.1) is 12.4 Å². The van der Waals surface area contributed by atoms with Gasteiger partial charge >= 0.3 is 12.2 Å². The Kier molecular flexibility index (Phi) is 8.57. The fourth-order valence-electron chi connectivity index (χ4n) is 6.62. The van der Waals surface area contributed by atoms with Crippen molar-refractivity contribution in [3.8, 4) is 0 Å². The summed E-state index contributed by atoms with van der Waals surface area (Å²) in [5, 5.41) is 4.69. The number of halogens is 4. The third-order valence-electron chi connectivity index (χ3n) is 9.02. The topological polar surface area (TPSA) is 64.9 Å². The molecule has 224 valence electrons. The van der Waals surface area contributed by atoms with Crippen molar-refractivity contribution in [2.24, 2.45) is 0 Å². The van der Waals surface area contributed by atoms with Crippen molar-refractivity contribution in [1.82, 2.24) is 29.4 Å². The van der Waals surface area contributed by atoms with Crippen LogP contribution in [0, 0.1) is 0 Å². The molecule has 4 aliphatic rings. The molecule has 4 heterocycles. The molecule has 1 unspecified atom stereocenters. The molecule has 0 spiro atoms. The van der Waals surface area contributed by atoms with E-state index in [-0.39, 0.29) is 41.9 Å². The van der Waals surface area contributed by atoms with Gasteiger partial charge in [-0.3, -0.25) is 9.48 Å². The number of alkyl halides is 3. The minimum atomic E-state index is -4.47. The number of amides is 3. The van der Waals surface area contributed by atoms with Crippen molar-refractivity contribution >= 4 is 24.3 Å². The Labute approximate surface area is 244 Å². The number of benzene rings is 1. The number of piperidine rings is 1. The summed E-state index contributed by atoms with van der Waals surface area (Å²) in [5.74, 6) is 0.0188. The molecule has 3 amide bonds. The van der Waals surface area contributed by atoms with Gasteiger partial charge in [-0.2, -0.15) is 18.3 Å². The molecule has 1 aliphatic carbocycles. The van der Waals surface area contributed by atoms with Crippen LogP contribution in [0.25, 0.3) is 0 Å². The predicted molar refractivity (Wildman–Crippen MR) is 150 cm³/mol. The second-order valence-electron chi connectivity index (χ2n) is 11.7. The van der Waals surface area contributed by atoms with Gasteiger partial charge in [0.05, 0.1) is 35.1 Å². The quantitative estimate of drug-likeness (QED) is 0.489. The third-order valence-corrected chi connectivity index (χ3v) is 9.02. The van der Waals surface area contributed by atoms with Crippen molar-refractivity contribution in [2.45, 2.75) is 62.7 Å². The highest BCUT2D eigenvalue weighted by Gasteiger charge is 2.42. The number of carbonyl (C=O) groups excluding carboxylic acids is 2. The average molecular weight is 595 g/mol. The molecule has 1 atom stereocenters. The first-order chi connectivity index (χ1) is 19.2. The summed E-state index contributed by atoms with van der Waals surface area (Å²) in [7, 11) is 2.07. The summed E-state index contributed by atoms with van der Waals surface area (Å²) >= 11 is 0. The lowest BCUT2D eigenvalue weighted by molar-refractivity contribution is -0.138. The zero-order chi connectivity index (χ0) is 28.0. The number of carbonyl (C=O) groups is 2. The van der Waals surface area contributed by atoms with Gasteiger partial charge in [0.15, 0.2) is 0 Å². The highest BCUT2D eigenvalue weighted by molar-refractivity contribution is 5.96. The first kappa shape index (κ1) is 29.7. The maximum atomic E-state index is 13.9. The smallest absolute Gasteiger partial charge is 0.331 e. The summed E-state index contributed by atoms with van der Waals surface area (Å²) in [6, 6.07) is 5.20. The Hall–Kier alpha value is -2.79. The van der Waals surface area contributed by atoms with Crippen LogP contribution in [0.1, 0.15) is 83.7 Å². The minimum Gasteiger partial charge on any atom is -0.331 e. The number of hydrogen-bond donors (Lipinski definition) is 0. The number of urea groups is 1. The van der Waals surface area contributed by atoms with Gasteiger partial charge in [0.1, 0.15) is 0 Å². The summed E-state index contributed by atoms with van der Waals surface area (Å²) in [6.07, 6.45) is 1.81. The van der Waals surface area contributed by atoms with Gasteiger partial charge in [0, 0.05) is 51.7 Å². The van der Waals surface area contributed by atoms with Gasteiger partial charge in [-0.25, -0.2) is 4.79 Å². The van der Waals surface area contributed by atoms with E-state index < -0.39 is 17.8 Å². The molecule has 3 saturated heterocycles. The van der Waals surface area contributed by atoms with Crippen LogP contribution in [0.4, 0.5) is 18.0 Å². The second kappa shape index (κ2) is 11.8. The van der Waals surface area contributed by atoms with Crippen LogP contribution in [-0.2, 0) is 6.18 Å². The fourth-order valence-corrected chi connectivity index (χ4v) is 6.62. The number of nitrogens with zero attached hydrogens (tertiary/aromatic N) is 6. The van der Waals surface area contributed by atoms with Gasteiger partial charge in [0.2, 0.25) is 0 Å². The molecule has 3 aliphatic heterocycles. The third kappa shape index (κ3) is 5.93. The Morgan fingerprint density at radius 2 is 1.54 bits per heavy atom. The SMILES string of the molecule is CN1CCN(C(=O)N2CCC(n3ncc(C(=O)N4CCCC4c4ccccc4C(F)(F)F)c3C3CC3)CC2)CC1.Cl. The zero-order valence-electron chi connectivity index (χ0n) is 23.4. The van der Waals surface area contributed by atoms with Crippen LogP contribution in [0.2, 0.25) is 0 Å². The van der Waals surface area contributed by atoms with E-state index in [4.69, 9.17) is 0 Å².